The van der Waals surface area contributed by atoms with E-state index >= 15 is 0 Å². The highest BCUT2D eigenvalue weighted by atomic mass is 16.5. The van der Waals surface area contributed by atoms with Crippen LogP contribution in [0.5, 0.6) is 0 Å². The van der Waals surface area contributed by atoms with Gasteiger partial charge in [0.05, 0.1) is 11.2 Å². The van der Waals surface area contributed by atoms with Crippen molar-refractivity contribution in [1.82, 2.24) is 0 Å². The summed E-state index contributed by atoms with van der Waals surface area (Å²) >= 11 is 0. The monoisotopic (exact) mass is 358 g/mol. The van der Waals surface area contributed by atoms with E-state index in [9.17, 15) is 5.11 Å². The maximum Gasteiger partial charge on any atom is 0.309 e. The van der Waals surface area contributed by atoms with Gasteiger partial charge in [-0.3, -0.25) is 0 Å². The second-order valence-electron chi connectivity index (χ2n) is 8.01. The SMILES string of the molecule is CC(C)(O)C(C)(C)OBc1cccc(-c2cccc(-c3ccccc3)c2)c1. The Morgan fingerprint density at radius 3 is 1.81 bits per heavy atom. The Morgan fingerprint density at radius 1 is 0.667 bits per heavy atom. The van der Waals surface area contributed by atoms with E-state index in [0.29, 0.717) is 7.48 Å². The smallest absolute Gasteiger partial charge is 0.309 e. The van der Waals surface area contributed by atoms with Gasteiger partial charge in [0.25, 0.3) is 0 Å². The topological polar surface area (TPSA) is 29.5 Å². The summed E-state index contributed by atoms with van der Waals surface area (Å²) in [5.74, 6) is 0. The van der Waals surface area contributed by atoms with Crippen molar-refractivity contribution in [2.24, 2.45) is 0 Å². The van der Waals surface area contributed by atoms with Crippen LogP contribution >= 0.6 is 0 Å². The van der Waals surface area contributed by atoms with Gasteiger partial charge in [0.1, 0.15) is 0 Å². The Kier molecular flexibility index (Phi) is 5.55. The van der Waals surface area contributed by atoms with Gasteiger partial charge in [-0.05, 0) is 56.0 Å². The normalized spacial score (nSPS) is 12.0. The van der Waals surface area contributed by atoms with E-state index in [1.807, 2.05) is 19.9 Å². The zero-order valence-electron chi connectivity index (χ0n) is 16.6. The van der Waals surface area contributed by atoms with Crippen LogP contribution in [0, 0.1) is 0 Å². The van der Waals surface area contributed by atoms with Crippen molar-refractivity contribution in [1.29, 1.82) is 0 Å². The Morgan fingerprint density at radius 2 is 1.19 bits per heavy atom. The van der Waals surface area contributed by atoms with Crippen LogP contribution in [0.15, 0.2) is 78.9 Å². The van der Waals surface area contributed by atoms with Crippen molar-refractivity contribution < 1.29 is 9.76 Å². The summed E-state index contributed by atoms with van der Waals surface area (Å²) in [6.45, 7) is 7.39. The summed E-state index contributed by atoms with van der Waals surface area (Å²) in [5.41, 5.74) is 4.32. The van der Waals surface area contributed by atoms with E-state index in [1.54, 1.807) is 13.8 Å². The van der Waals surface area contributed by atoms with Gasteiger partial charge in [-0.25, -0.2) is 0 Å². The molecule has 0 amide bonds. The molecule has 0 radical (unpaired) electrons. The summed E-state index contributed by atoms with van der Waals surface area (Å²) in [6.07, 6.45) is 0. The average Bonchev–Trinajstić information content (AvgIpc) is 2.67. The van der Waals surface area contributed by atoms with Crippen LogP contribution < -0.4 is 5.46 Å². The van der Waals surface area contributed by atoms with Gasteiger partial charge in [0.15, 0.2) is 0 Å². The number of rotatable bonds is 6. The molecule has 0 aromatic heterocycles. The molecular weight excluding hydrogens is 331 g/mol. The lowest BCUT2D eigenvalue weighted by Gasteiger charge is -2.37. The highest BCUT2D eigenvalue weighted by molar-refractivity contribution is 6.47. The van der Waals surface area contributed by atoms with Crippen molar-refractivity contribution in [2.45, 2.75) is 38.9 Å². The zero-order valence-corrected chi connectivity index (χ0v) is 16.6. The maximum absolute atomic E-state index is 10.3. The van der Waals surface area contributed by atoms with Crippen molar-refractivity contribution >= 4 is 12.9 Å². The molecule has 0 atom stereocenters. The first-order chi connectivity index (χ1) is 12.8. The van der Waals surface area contributed by atoms with Crippen LogP contribution in [-0.2, 0) is 4.65 Å². The van der Waals surface area contributed by atoms with Gasteiger partial charge in [0.2, 0.25) is 0 Å². The maximum atomic E-state index is 10.3. The van der Waals surface area contributed by atoms with Crippen LogP contribution in [0.25, 0.3) is 22.3 Å². The van der Waals surface area contributed by atoms with E-state index in [2.05, 4.69) is 72.8 Å². The lowest BCUT2D eigenvalue weighted by molar-refractivity contribution is -0.0893. The molecule has 0 unspecified atom stereocenters. The minimum Gasteiger partial charge on any atom is -0.427 e. The van der Waals surface area contributed by atoms with Gasteiger partial charge in [-0.15, -0.1) is 0 Å². The van der Waals surface area contributed by atoms with Gasteiger partial charge >= 0.3 is 7.48 Å². The molecule has 0 fully saturated rings. The Bertz CT molecular complexity index is 896. The van der Waals surface area contributed by atoms with Gasteiger partial charge < -0.3 is 9.76 Å². The lowest BCUT2D eigenvalue weighted by atomic mass is 9.81. The first-order valence-electron chi connectivity index (χ1n) is 9.37. The number of aliphatic hydroxyl groups is 1. The fourth-order valence-electron chi connectivity index (χ4n) is 2.79. The van der Waals surface area contributed by atoms with E-state index in [-0.39, 0.29) is 0 Å². The predicted octanol–water partition coefficient (Wildman–Crippen LogP) is 4.56. The molecule has 0 saturated carbocycles. The van der Waals surface area contributed by atoms with Crippen molar-refractivity contribution in [3.05, 3.63) is 78.9 Å². The van der Waals surface area contributed by atoms with Gasteiger partial charge in [0, 0.05) is 0 Å². The molecule has 3 heteroatoms. The summed E-state index contributed by atoms with van der Waals surface area (Å²) in [4.78, 5) is 0. The molecule has 0 aliphatic heterocycles. The zero-order chi connectivity index (χ0) is 19.5. The standard InChI is InChI=1S/C24H27BO2/c1-23(2,26)24(3,4)27-25-22-15-9-14-21(17-22)20-13-8-12-19(16-20)18-10-6-5-7-11-18/h5-17,25-26H,1-4H3. The molecule has 0 aliphatic rings. The van der Waals surface area contributed by atoms with Gasteiger partial charge in [-0.1, -0.05) is 78.3 Å². The highest BCUT2D eigenvalue weighted by Gasteiger charge is 2.35. The number of hydrogen-bond donors (Lipinski definition) is 1. The van der Waals surface area contributed by atoms with Crippen molar-refractivity contribution in [3.63, 3.8) is 0 Å². The minimum absolute atomic E-state index is 0.462. The Hall–Kier alpha value is -2.36. The molecule has 3 aromatic carbocycles. The highest BCUT2D eigenvalue weighted by Crippen LogP contribution is 2.26. The number of hydrogen-bond acceptors (Lipinski definition) is 2. The average molecular weight is 358 g/mol. The Balaban J connectivity index is 1.82. The molecule has 3 rings (SSSR count). The molecule has 0 bridgehead atoms. The lowest BCUT2D eigenvalue weighted by Crippen LogP contribution is -2.49. The van der Waals surface area contributed by atoms with E-state index < -0.39 is 11.2 Å². The van der Waals surface area contributed by atoms with E-state index in [0.717, 1.165) is 11.0 Å². The summed E-state index contributed by atoms with van der Waals surface area (Å²) < 4.78 is 6.01. The summed E-state index contributed by atoms with van der Waals surface area (Å²) in [7, 11) is 0.462. The quantitative estimate of drug-likeness (QED) is 0.655. The Labute approximate surface area is 163 Å². The molecule has 27 heavy (non-hydrogen) atoms. The molecule has 0 saturated heterocycles. The third-order valence-electron chi connectivity index (χ3n) is 5.30. The minimum atomic E-state index is -0.908. The third kappa shape index (κ3) is 4.68. The second kappa shape index (κ2) is 7.71. The van der Waals surface area contributed by atoms with Crippen molar-refractivity contribution in [3.8, 4) is 22.3 Å². The number of benzene rings is 3. The molecule has 0 aliphatic carbocycles. The van der Waals surface area contributed by atoms with E-state index in [4.69, 9.17) is 4.65 Å². The fraction of sp³-hybridized carbons (Fsp3) is 0.250. The molecule has 138 valence electrons. The second-order valence-corrected chi connectivity index (χ2v) is 8.01. The predicted molar refractivity (Wildman–Crippen MR) is 116 cm³/mol. The van der Waals surface area contributed by atoms with E-state index in [1.165, 1.54) is 16.7 Å². The van der Waals surface area contributed by atoms with Crippen LogP contribution in [0.2, 0.25) is 0 Å². The van der Waals surface area contributed by atoms with Crippen LogP contribution in [-0.4, -0.2) is 23.8 Å². The van der Waals surface area contributed by atoms with Crippen molar-refractivity contribution in [2.75, 3.05) is 0 Å². The fourth-order valence-corrected chi connectivity index (χ4v) is 2.79. The first kappa shape index (κ1) is 19.4. The van der Waals surface area contributed by atoms with Crippen LogP contribution in [0.1, 0.15) is 27.7 Å². The summed E-state index contributed by atoms with van der Waals surface area (Å²) in [6, 6.07) is 27.4. The molecule has 0 heterocycles. The first-order valence-corrected chi connectivity index (χ1v) is 9.37. The van der Waals surface area contributed by atoms with Crippen LogP contribution in [0.3, 0.4) is 0 Å². The molecule has 0 spiro atoms. The molecular formula is C24H27BO2. The molecule has 1 N–H and O–H groups in total. The summed E-state index contributed by atoms with van der Waals surface area (Å²) in [5, 5.41) is 10.3. The molecule has 3 aromatic rings. The van der Waals surface area contributed by atoms with Crippen LogP contribution in [0.4, 0.5) is 0 Å². The third-order valence-corrected chi connectivity index (χ3v) is 5.30. The molecule has 2 nitrogen and oxygen atoms in total. The van der Waals surface area contributed by atoms with Gasteiger partial charge in [-0.2, -0.15) is 0 Å². The largest absolute Gasteiger partial charge is 0.427 e.